The van der Waals surface area contributed by atoms with Crippen LogP contribution in [-0.4, -0.2) is 10.2 Å². The number of rotatable bonds is 0. The Hall–Kier alpha value is -0.990. The molecule has 0 saturated carbocycles. The lowest BCUT2D eigenvalue weighted by molar-refractivity contribution is 0.612. The lowest BCUT2D eigenvalue weighted by Crippen LogP contribution is -1.78. The van der Waals surface area contributed by atoms with Crippen LogP contribution in [-0.2, 0) is 0 Å². The summed E-state index contributed by atoms with van der Waals surface area (Å²) in [4.78, 5) is 0. The second-order valence-electron chi connectivity index (χ2n) is 0.981. The van der Waals surface area contributed by atoms with Gasteiger partial charge in [0.25, 0.3) is 0 Å². The largest absolute Gasteiger partial charge is 0.204 e. The molecule has 0 saturated heterocycles. The Bertz CT molecular complexity index is 140. The van der Waals surface area contributed by atoms with Crippen molar-refractivity contribution in [3.63, 3.8) is 0 Å². The van der Waals surface area contributed by atoms with Crippen LogP contribution in [0.15, 0.2) is 12.4 Å². The first kappa shape index (κ1) is 4.18. The highest BCUT2D eigenvalue weighted by Crippen LogP contribution is 1.84. The average Bonchev–Trinajstić information content (AvgIpc) is 1.69. The van der Waals surface area contributed by atoms with Crippen LogP contribution in [0.3, 0.4) is 0 Å². The second-order valence-corrected chi connectivity index (χ2v) is 0.981. The summed E-state index contributed by atoms with van der Waals surface area (Å²) in [5, 5.41) is 6.53. The van der Waals surface area contributed by atoms with E-state index in [9.17, 15) is 4.39 Å². The first-order chi connectivity index (χ1) is 3.39. The molecular formula is C4H2FN2. The Morgan fingerprint density at radius 1 is 1.57 bits per heavy atom. The van der Waals surface area contributed by atoms with Gasteiger partial charge in [-0.15, -0.1) is 0 Å². The number of nitrogens with zero attached hydrogens (tertiary/aromatic N) is 2. The van der Waals surface area contributed by atoms with Gasteiger partial charge in [-0.2, -0.15) is 10.2 Å². The van der Waals surface area contributed by atoms with Crippen molar-refractivity contribution >= 4 is 0 Å². The number of hydrogen-bond donors (Lipinski definition) is 0. The fraction of sp³-hybridized carbons (Fsp3) is 0. The number of aromatic nitrogens is 2. The quantitative estimate of drug-likeness (QED) is 0.468. The van der Waals surface area contributed by atoms with Crippen LogP contribution in [0, 0.1) is 11.9 Å². The van der Waals surface area contributed by atoms with Crippen molar-refractivity contribution in [2.45, 2.75) is 0 Å². The molecule has 0 aliphatic carbocycles. The van der Waals surface area contributed by atoms with Crippen molar-refractivity contribution in [3.05, 3.63) is 24.3 Å². The molecule has 0 aromatic carbocycles. The molecule has 1 radical (unpaired) electrons. The van der Waals surface area contributed by atoms with E-state index in [1.54, 1.807) is 0 Å². The smallest absolute Gasteiger partial charge is 0.152 e. The molecular weight excluding hydrogens is 95.1 g/mol. The van der Waals surface area contributed by atoms with E-state index in [4.69, 9.17) is 0 Å². The van der Waals surface area contributed by atoms with Crippen LogP contribution in [0.2, 0.25) is 0 Å². The summed E-state index contributed by atoms with van der Waals surface area (Å²) >= 11 is 0. The fourth-order valence-corrected chi connectivity index (χ4v) is 0.245. The van der Waals surface area contributed by atoms with Crippen molar-refractivity contribution in [2.24, 2.45) is 0 Å². The normalized spacial score (nSPS) is 8.71. The van der Waals surface area contributed by atoms with E-state index in [1.165, 1.54) is 6.20 Å². The molecule has 0 aliphatic heterocycles. The van der Waals surface area contributed by atoms with E-state index >= 15 is 0 Å². The maximum atomic E-state index is 11.7. The number of halogens is 1. The summed E-state index contributed by atoms with van der Waals surface area (Å²) in [7, 11) is 0. The molecule has 0 unspecified atom stereocenters. The molecule has 0 spiro atoms. The summed E-state index contributed by atoms with van der Waals surface area (Å²) < 4.78 is 11.7. The Labute approximate surface area is 40.0 Å². The molecule has 1 rings (SSSR count). The third-order valence-corrected chi connectivity index (χ3v) is 0.498. The summed E-state index contributed by atoms with van der Waals surface area (Å²) in [6.45, 7) is 0. The maximum absolute atomic E-state index is 11.7. The van der Waals surface area contributed by atoms with Crippen molar-refractivity contribution < 1.29 is 4.39 Å². The van der Waals surface area contributed by atoms with E-state index in [0.29, 0.717) is 0 Å². The molecule has 0 amide bonds. The lowest BCUT2D eigenvalue weighted by Gasteiger charge is -1.76. The molecule has 0 aliphatic rings. The van der Waals surface area contributed by atoms with Gasteiger partial charge in [0.05, 0.1) is 12.4 Å². The average molecular weight is 97.1 g/mol. The van der Waals surface area contributed by atoms with E-state index in [1.807, 2.05) is 0 Å². The molecule has 3 heteroatoms. The van der Waals surface area contributed by atoms with Gasteiger partial charge in [0.15, 0.2) is 5.82 Å². The van der Waals surface area contributed by atoms with Gasteiger partial charge in [0, 0.05) is 6.07 Å². The van der Waals surface area contributed by atoms with Gasteiger partial charge in [-0.05, 0) is 0 Å². The van der Waals surface area contributed by atoms with Crippen molar-refractivity contribution in [2.75, 3.05) is 0 Å². The van der Waals surface area contributed by atoms with Crippen molar-refractivity contribution in [1.82, 2.24) is 10.2 Å². The van der Waals surface area contributed by atoms with Gasteiger partial charge in [0.2, 0.25) is 0 Å². The standard InChI is InChI=1S/C4H2FN2/c5-4-1-2-6-7-3-4/h2-3H. The third kappa shape index (κ3) is 0.924. The van der Waals surface area contributed by atoms with Crippen LogP contribution >= 0.6 is 0 Å². The first-order valence-corrected chi connectivity index (χ1v) is 1.73. The zero-order valence-electron chi connectivity index (χ0n) is 3.43. The molecule has 0 N–H and O–H groups in total. The van der Waals surface area contributed by atoms with Gasteiger partial charge >= 0.3 is 0 Å². The van der Waals surface area contributed by atoms with Gasteiger partial charge in [-0.1, -0.05) is 0 Å². The summed E-state index contributed by atoms with van der Waals surface area (Å²) in [6.07, 6.45) is 2.18. The molecule has 1 aromatic rings. The van der Waals surface area contributed by atoms with Gasteiger partial charge in [-0.25, -0.2) is 4.39 Å². The van der Waals surface area contributed by atoms with E-state index < -0.39 is 5.82 Å². The minimum Gasteiger partial charge on any atom is -0.204 e. The summed E-state index contributed by atoms with van der Waals surface area (Å²) in [5.41, 5.74) is 0. The lowest BCUT2D eigenvalue weighted by atomic mass is 10.6. The van der Waals surface area contributed by atoms with Crippen molar-refractivity contribution in [1.29, 1.82) is 0 Å². The zero-order chi connectivity index (χ0) is 5.11. The van der Waals surface area contributed by atoms with Crippen LogP contribution in [0.4, 0.5) is 4.39 Å². The fourth-order valence-electron chi connectivity index (χ4n) is 0.245. The van der Waals surface area contributed by atoms with Gasteiger partial charge in [0.1, 0.15) is 0 Å². The monoisotopic (exact) mass is 97.0 g/mol. The third-order valence-electron chi connectivity index (χ3n) is 0.498. The van der Waals surface area contributed by atoms with Gasteiger partial charge in [-0.3, -0.25) is 0 Å². The minimum atomic E-state index is -0.477. The molecule has 1 aromatic heterocycles. The molecule has 1 heterocycles. The van der Waals surface area contributed by atoms with Gasteiger partial charge < -0.3 is 0 Å². The van der Waals surface area contributed by atoms with E-state index in [2.05, 4.69) is 16.3 Å². The highest BCUT2D eigenvalue weighted by molar-refractivity contribution is 4.82. The van der Waals surface area contributed by atoms with E-state index in [0.717, 1.165) is 6.20 Å². The first-order valence-electron chi connectivity index (χ1n) is 1.73. The molecule has 0 fully saturated rings. The Morgan fingerprint density at radius 3 is 2.71 bits per heavy atom. The second kappa shape index (κ2) is 1.64. The van der Waals surface area contributed by atoms with Crippen LogP contribution < -0.4 is 0 Å². The summed E-state index contributed by atoms with van der Waals surface area (Å²) in [6, 6.07) is 2.19. The maximum Gasteiger partial charge on any atom is 0.152 e. The summed E-state index contributed by atoms with van der Waals surface area (Å²) in [5.74, 6) is -0.477. The molecule has 2 nitrogen and oxygen atoms in total. The highest BCUT2D eigenvalue weighted by Gasteiger charge is 1.80. The van der Waals surface area contributed by atoms with Crippen molar-refractivity contribution in [3.8, 4) is 0 Å². The Balaban J connectivity index is 3.02. The molecule has 0 bridgehead atoms. The molecule has 35 valence electrons. The predicted molar refractivity (Wildman–Crippen MR) is 20.8 cm³/mol. The van der Waals surface area contributed by atoms with E-state index in [-0.39, 0.29) is 0 Å². The molecule has 7 heavy (non-hydrogen) atoms. The number of hydrogen-bond acceptors (Lipinski definition) is 2. The highest BCUT2D eigenvalue weighted by atomic mass is 19.1. The Kier molecular flexibility index (Phi) is 0.978. The SMILES string of the molecule is Fc1[c]cnnc1. The molecule has 0 atom stereocenters. The van der Waals surface area contributed by atoms with Crippen LogP contribution in [0.5, 0.6) is 0 Å². The Morgan fingerprint density at radius 2 is 2.43 bits per heavy atom. The van der Waals surface area contributed by atoms with Crippen LogP contribution in [0.1, 0.15) is 0 Å². The predicted octanol–water partition coefficient (Wildman–Crippen LogP) is 0.416. The minimum absolute atomic E-state index is 0.477. The zero-order valence-corrected chi connectivity index (χ0v) is 3.43. The topological polar surface area (TPSA) is 25.8 Å². The van der Waals surface area contributed by atoms with Crippen LogP contribution in [0.25, 0.3) is 0 Å².